The lowest BCUT2D eigenvalue weighted by atomic mass is 10.00. The molecule has 0 aliphatic carbocycles. The van der Waals surface area contributed by atoms with Crippen molar-refractivity contribution in [3.63, 3.8) is 0 Å². The molecule has 2 heterocycles. The van der Waals surface area contributed by atoms with Crippen molar-refractivity contribution < 1.29 is 23.1 Å². The molecule has 0 fully saturated rings. The van der Waals surface area contributed by atoms with Crippen molar-refractivity contribution >= 4 is 26.8 Å². The minimum atomic E-state index is -4.02. The maximum atomic E-state index is 13.6. The number of aromatic amines is 1. The molecule has 5 rings (SSSR count). The van der Waals surface area contributed by atoms with Crippen LogP contribution < -0.4 is 14.8 Å². The van der Waals surface area contributed by atoms with Gasteiger partial charge in [0.2, 0.25) is 15.9 Å². The van der Waals surface area contributed by atoms with Gasteiger partial charge in [0.05, 0.1) is 13.2 Å². The predicted molar refractivity (Wildman–Crippen MR) is 142 cm³/mol. The van der Waals surface area contributed by atoms with Crippen molar-refractivity contribution in [3.8, 4) is 16.9 Å². The van der Waals surface area contributed by atoms with E-state index in [2.05, 4.69) is 15.0 Å². The first-order valence-corrected chi connectivity index (χ1v) is 13.6. The number of para-hydroxylation sites is 1. The molecular formula is C28H29N3O5S. The van der Waals surface area contributed by atoms with E-state index in [-0.39, 0.29) is 17.4 Å². The number of ether oxygens (including phenoxy) is 1. The third kappa shape index (κ3) is 5.39. The monoisotopic (exact) mass is 519 g/mol. The molecule has 0 radical (unpaired) electrons. The number of carbonyl (C=O) groups excluding carboxylic acids is 1. The lowest BCUT2D eigenvalue weighted by Gasteiger charge is -2.18. The van der Waals surface area contributed by atoms with Crippen LogP contribution >= 0.6 is 0 Å². The Kier molecular flexibility index (Phi) is 7.01. The number of fused-ring (bicyclic) bond motifs is 2. The van der Waals surface area contributed by atoms with Gasteiger partial charge < -0.3 is 20.1 Å². The summed E-state index contributed by atoms with van der Waals surface area (Å²) in [7, 11) is -4.02. The molecule has 3 aromatic carbocycles. The number of carbonyl (C=O) groups is 1. The molecule has 0 bridgehead atoms. The molecule has 0 saturated carbocycles. The largest absolute Gasteiger partial charge is 0.492 e. The molecule has 4 aromatic rings. The molecule has 1 amide bonds. The van der Waals surface area contributed by atoms with E-state index in [9.17, 15) is 18.3 Å². The molecule has 192 valence electrons. The van der Waals surface area contributed by atoms with Crippen LogP contribution in [0.4, 0.5) is 0 Å². The van der Waals surface area contributed by atoms with Crippen LogP contribution in [0, 0.1) is 0 Å². The summed E-state index contributed by atoms with van der Waals surface area (Å²) < 4.78 is 35.7. The zero-order chi connectivity index (χ0) is 26.0. The van der Waals surface area contributed by atoms with Crippen molar-refractivity contribution in [2.45, 2.75) is 37.2 Å². The smallest absolute Gasteiger partial charge is 0.244 e. The van der Waals surface area contributed by atoms with E-state index < -0.39 is 16.1 Å². The number of nitrogens with one attached hydrogen (secondary N) is 3. The third-order valence-electron chi connectivity index (χ3n) is 6.52. The van der Waals surface area contributed by atoms with Gasteiger partial charge in [0.25, 0.3) is 0 Å². The lowest BCUT2D eigenvalue weighted by molar-refractivity contribution is -0.119. The highest BCUT2D eigenvalue weighted by Crippen LogP contribution is 2.37. The van der Waals surface area contributed by atoms with E-state index in [1.54, 1.807) is 6.07 Å². The van der Waals surface area contributed by atoms with Gasteiger partial charge in [-0.25, -0.2) is 13.1 Å². The Hall–Kier alpha value is -3.66. The fraction of sp³-hybridized carbons (Fsp3) is 0.250. The average molecular weight is 520 g/mol. The van der Waals surface area contributed by atoms with E-state index in [0.29, 0.717) is 31.7 Å². The number of benzene rings is 3. The normalized spacial score (nSPS) is 13.8. The second kappa shape index (κ2) is 10.4. The van der Waals surface area contributed by atoms with Crippen LogP contribution in [0.5, 0.6) is 5.75 Å². The number of aromatic nitrogens is 1. The first kappa shape index (κ1) is 25.0. The highest BCUT2D eigenvalue weighted by molar-refractivity contribution is 7.89. The summed E-state index contributed by atoms with van der Waals surface area (Å²) in [5, 5.41) is 13.8. The van der Waals surface area contributed by atoms with Crippen molar-refractivity contribution in [1.29, 1.82) is 0 Å². The molecular weight excluding hydrogens is 490 g/mol. The molecule has 1 aromatic heterocycles. The van der Waals surface area contributed by atoms with Gasteiger partial charge >= 0.3 is 0 Å². The van der Waals surface area contributed by atoms with Gasteiger partial charge in [0.15, 0.2) is 0 Å². The Bertz CT molecular complexity index is 1560. The quantitative estimate of drug-likeness (QED) is 0.271. The van der Waals surface area contributed by atoms with Gasteiger partial charge in [-0.2, -0.15) is 0 Å². The van der Waals surface area contributed by atoms with E-state index in [1.165, 1.54) is 6.92 Å². The zero-order valence-electron chi connectivity index (χ0n) is 20.5. The van der Waals surface area contributed by atoms with Crippen LogP contribution in [0.25, 0.3) is 22.0 Å². The van der Waals surface area contributed by atoms with Crippen molar-refractivity contribution in [1.82, 2.24) is 15.0 Å². The number of sulfonamides is 1. The molecule has 8 nitrogen and oxygen atoms in total. The van der Waals surface area contributed by atoms with Crippen LogP contribution in [0.3, 0.4) is 0 Å². The summed E-state index contributed by atoms with van der Waals surface area (Å²) >= 11 is 0. The molecule has 0 saturated heterocycles. The minimum absolute atomic E-state index is 0.0575. The van der Waals surface area contributed by atoms with Crippen molar-refractivity contribution in [2.75, 3.05) is 13.2 Å². The number of amides is 1. The average Bonchev–Trinajstić information content (AvgIpc) is 3.53. The number of hydrogen-bond acceptors (Lipinski definition) is 5. The Labute approximate surface area is 215 Å². The number of rotatable bonds is 9. The minimum Gasteiger partial charge on any atom is -0.492 e. The standard InChI is InChI=1S/C28H29N3O5S/c1-18(33)29-15-19-5-4-6-20(11-19)22-12-21-9-10-36-28(21)27(14-22)37(34,35)31-24(17-32)13-23-16-30-26-8-3-2-7-25(23)26/h2-8,11-12,14,16,24,30-32H,9-10,13,15,17H2,1H3,(H,29,33)/t24-/m1/s1. The molecule has 1 aliphatic rings. The van der Waals surface area contributed by atoms with Gasteiger partial charge in [0.1, 0.15) is 10.6 Å². The highest BCUT2D eigenvalue weighted by Gasteiger charge is 2.29. The molecule has 0 spiro atoms. The van der Waals surface area contributed by atoms with E-state index in [1.807, 2.05) is 60.8 Å². The van der Waals surface area contributed by atoms with E-state index in [0.717, 1.165) is 38.7 Å². The summed E-state index contributed by atoms with van der Waals surface area (Å²) in [5.41, 5.74) is 5.19. The number of aliphatic hydroxyl groups is 1. The van der Waals surface area contributed by atoms with Crippen molar-refractivity contribution in [2.24, 2.45) is 0 Å². The topological polar surface area (TPSA) is 121 Å². The Morgan fingerprint density at radius 2 is 1.95 bits per heavy atom. The zero-order valence-corrected chi connectivity index (χ0v) is 21.3. The fourth-order valence-electron chi connectivity index (χ4n) is 4.72. The third-order valence-corrected chi connectivity index (χ3v) is 8.05. The summed E-state index contributed by atoms with van der Waals surface area (Å²) in [6.07, 6.45) is 2.78. The van der Waals surface area contributed by atoms with Gasteiger partial charge in [-0.1, -0.05) is 36.4 Å². The molecule has 1 aliphatic heterocycles. The fourth-order valence-corrected chi connectivity index (χ4v) is 6.16. The lowest BCUT2D eigenvalue weighted by Crippen LogP contribution is -2.39. The van der Waals surface area contributed by atoms with Crippen LogP contribution in [0.1, 0.15) is 23.6 Å². The maximum absolute atomic E-state index is 13.6. The van der Waals surface area contributed by atoms with E-state index >= 15 is 0 Å². The maximum Gasteiger partial charge on any atom is 0.244 e. The summed E-state index contributed by atoms with van der Waals surface area (Å²) in [6, 6.07) is 18.3. The summed E-state index contributed by atoms with van der Waals surface area (Å²) in [4.78, 5) is 14.6. The SMILES string of the molecule is CC(=O)NCc1cccc(-c2cc3c(c(S(=O)(=O)N[C@@H](CO)Cc4c[nH]c5ccccc45)c2)OCC3)c1. The van der Waals surface area contributed by atoms with Crippen LogP contribution in [-0.4, -0.2) is 43.7 Å². The van der Waals surface area contributed by atoms with Crippen LogP contribution in [-0.2, 0) is 34.2 Å². The number of hydrogen-bond donors (Lipinski definition) is 4. The van der Waals surface area contributed by atoms with Crippen LogP contribution in [0.15, 0.2) is 71.8 Å². The second-order valence-corrected chi connectivity index (χ2v) is 10.9. The van der Waals surface area contributed by atoms with Gasteiger partial charge in [-0.3, -0.25) is 4.79 Å². The van der Waals surface area contributed by atoms with Crippen molar-refractivity contribution in [3.05, 3.63) is 83.6 Å². The van der Waals surface area contributed by atoms with E-state index in [4.69, 9.17) is 4.74 Å². The molecule has 1 atom stereocenters. The Morgan fingerprint density at radius 3 is 2.76 bits per heavy atom. The first-order chi connectivity index (χ1) is 17.8. The van der Waals surface area contributed by atoms with Crippen LogP contribution in [0.2, 0.25) is 0 Å². The first-order valence-electron chi connectivity index (χ1n) is 12.2. The van der Waals surface area contributed by atoms with Gasteiger partial charge in [-0.05, 0) is 58.5 Å². The molecule has 9 heteroatoms. The Morgan fingerprint density at radius 1 is 1.11 bits per heavy atom. The predicted octanol–water partition coefficient (Wildman–Crippen LogP) is 3.29. The number of aliphatic hydroxyl groups excluding tert-OH is 1. The molecule has 4 N–H and O–H groups in total. The van der Waals surface area contributed by atoms with Gasteiger partial charge in [0, 0.05) is 43.0 Å². The molecule has 0 unspecified atom stereocenters. The Balaban J connectivity index is 1.45. The molecule has 37 heavy (non-hydrogen) atoms. The van der Waals surface area contributed by atoms with Gasteiger partial charge in [-0.15, -0.1) is 0 Å². The highest BCUT2D eigenvalue weighted by atomic mass is 32.2. The summed E-state index contributed by atoms with van der Waals surface area (Å²) in [6.45, 7) is 1.90. The second-order valence-electron chi connectivity index (χ2n) is 9.24. The summed E-state index contributed by atoms with van der Waals surface area (Å²) in [5.74, 6) is 0.236. The number of H-pyrrole nitrogens is 1.